The van der Waals surface area contributed by atoms with E-state index < -0.39 is 5.41 Å². The highest BCUT2D eigenvalue weighted by molar-refractivity contribution is 7.11. The van der Waals surface area contributed by atoms with Crippen LogP contribution >= 0.6 is 11.3 Å². The van der Waals surface area contributed by atoms with Gasteiger partial charge in [-0.1, -0.05) is 13.8 Å². The molecule has 0 radical (unpaired) electrons. The molecule has 1 aromatic rings. The van der Waals surface area contributed by atoms with Gasteiger partial charge in [0.2, 0.25) is 5.91 Å². The summed E-state index contributed by atoms with van der Waals surface area (Å²) < 4.78 is 0. The number of carbonyl (C=O) groups is 1. The van der Waals surface area contributed by atoms with Crippen molar-refractivity contribution in [2.45, 2.75) is 58.9 Å². The van der Waals surface area contributed by atoms with Gasteiger partial charge in [-0.05, 0) is 38.5 Å². The standard InChI is InChI=1S/C16H27N3OS/c1-4-16(5-2,11-17)15(20)19(3)10-14-18-12-8-6-7-9-13(12)21-14/h4-11,17H2,1-3H3. The van der Waals surface area contributed by atoms with Crippen LogP contribution < -0.4 is 5.73 Å². The van der Waals surface area contributed by atoms with Gasteiger partial charge in [0.15, 0.2) is 0 Å². The van der Waals surface area contributed by atoms with E-state index in [2.05, 4.69) is 0 Å². The molecule has 21 heavy (non-hydrogen) atoms. The van der Waals surface area contributed by atoms with E-state index in [9.17, 15) is 4.79 Å². The molecule has 1 aromatic heterocycles. The number of hydrogen-bond acceptors (Lipinski definition) is 4. The summed E-state index contributed by atoms with van der Waals surface area (Å²) in [6, 6.07) is 0. The van der Waals surface area contributed by atoms with Crippen LogP contribution in [0.15, 0.2) is 0 Å². The Labute approximate surface area is 131 Å². The van der Waals surface area contributed by atoms with Crippen LogP contribution in [0.2, 0.25) is 0 Å². The summed E-state index contributed by atoms with van der Waals surface area (Å²) in [7, 11) is 1.87. The maximum Gasteiger partial charge on any atom is 0.230 e. The molecule has 0 saturated heterocycles. The fourth-order valence-corrected chi connectivity index (χ4v) is 4.29. The molecule has 0 atom stereocenters. The summed E-state index contributed by atoms with van der Waals surface area (Å²) in [5.74, 6) is 0.156. The Morgan fingerprint density at radius 2 is 2.00 bits per heavy atom. The first-order chi connectivity index (χ1) is 10.1. The fourth-order valence-electron chi connectivity index (χ4n) is 3.08. The predicted octanol–water partition coefficient (Wildman–Crippen LogP) is 2.75. The monoisotopic (exact) mass is 309 g/mol. The summed E-state index contributed by atoms with van der Waals surface area (Å²) >= 11 is 1.78. The third kappa shape index (κ3) is 3.29. The van der Waals surface area contributed by atoms with E-state index in [4.69, 9.17) is 10.7 Å². The molecule has 1 aliphatic rings. The van der Waals surface area contributed by atoms with Crippen molar-refractivity contribution >= 4 is 17.2 Å². The number of nitrogens with zero attached hydrogens (tertiary/aromatic N) is 2. The van der Waals surface area contributed by atoms with Gasteiger partial charge < -0.3 is 10.6 Å². The summed E-state index contributed by atoms with van der Waals surface area (Å²) in [5.41, 5.74) is 6.73. The van der Waals surface area contributed by atoms with Crippen molar-refractivity contribution in [3.63, 3.8) is 0 Å². The number of amides is 1. The molecule has 118 valence electrons. The van der Waals surface area contributed by atoms with Gasteiger partial charge in [-0.15, -0.1) is 11.3 Å². The first kappa shape index (κ1) is 16.4. The van der Waals surface area contributed by atoms with E-state index in [-0.39, 0.29) is 5.91 Å². The number of thiazole rings is 1. The zero-order valence-electron chi connectivity index (χ0n) is 13.4. The number of fused-ring (bicyclic) bond motifs is 1. The molecule has 0 aliphatic heterocycles. The molecule has 0 bridgehead atoms. The topological polar surface area (TPSA) is 59.2 Å². The zero-order valence-corrected chi connectivity index (χ0v) is 14.3. The highest BCUT2D eigenvalue weighted by Crippen LogP contribution is 2.30. The third-order valence-electron chi connectivity index (χ3n) is 4.81. The van der Waals surface area contributed by atoms with Crippen molar-refractivity contribution in [2.24, 2.45) is 11.1 Å². The van der Waals surface area contributed by atoms with E-state index in [0.29, 0.717) is 13.1 Å². The van der Waals surface area contributed by atoms with Gasteiger partial charge in [0, 0.05) is 18.5 Å². The molecule has 5 heteroatoms. The average Bonchev–Trinajstić information content (AvgIpc) is 2.91. The molecule has 1 heterocycles. The highest BCUT2D eigenvalue weighted by Gasteiger charge is 2.35. The summed E-state index contributed by atoms with van der Waals surface area (Å²) in [4.78, 5) is 20.7. The molecule has 0 spiro atoms. The van der Waals surface area contributed by atoms with Crippen LogP contribution in [0.3, 0.4) is 0 Å². The van der Waals surface area contributed by atoms with Crippen molar-refractivity contribution in [2.75, 3.05) is 13.6 Å². The number of aromatic nitrogens is 1. The Morgan fingerprint density at radius 3 is 2.57 bits per heavy atom. The Hall–Kier alpha value is -0.940. The number of aryl methyl sites for hydroxylation is 2. The second kappa shape index (κ2) is 6.88. The van der Waals surface area contributed by atoms with E-state index in [1.807, 2.05) is 25.8 Å². The molecule has 0 unspecified atom stereocenters. The van der Waals surface area contributed by atoms with Crippen LogP contribution in [0.5, 0.6) is 0 Å². The van der Waals surface area contributed by atoms with Crippen molar-refractivity contribution in [3.05, 3.63) is 15.6 Å². The zero-order chi connectivity index (χ0) is 15.5. The molecule has 1 amide bonds. The SMILES string of the molecule is CCC(CC)(CN)C(=O)N(C)Cc1nc2c(s1)CCCC2. The number of rotatable bonds is 6. The van der Waals surface area contributed by atoms with E-state index in [1.54, 1.807) is 11.3 Å². The van der Waals surface area contributed by atoms with Crippen LogP contribution in [0, 0.1) is 5.41 Å². The van der Waals surface area contributed by atoms with Crippen LogP contribution in [-0.4, -0.2) is 29.4 Å². The van der Waals surface area contributed by atoms with Crippen molar-refractivity contribution in [1.29, 1.82) is 0 Å². The van der Waals surface area contributed by atoms with E-state index in [0.717, 1.165) is 30.7 Å². The second-order valence-electron chi connectivity index (χ2n) is 6.04. The molecule has 0 saturated carbocycles. The molecule has 0 fully saturated rings. The molecule has 1 aliphatic carbocycles. The molecule has 2 rings (SSSR count). The summed E-state index contributed by atoms with van der Waals surface area (Å²) in [5, 5.41) is 1.07. The lowest BCUT2D eigenvalue weighted by Crippen LogP contribution is -2.45. The second-order valence-corrected chi connectivity index (χ2v) is 7.21. The number of nitrogens with two attached hydrogens (primary N) is 1. The smallest absolute Gasteiger partial charge is 0.230 e. The molecular formula is C16H27N3OS. The molecule has 2 N–H and O–H groups in total. The van der Waals surface area contributed by atoms with E-state index >= 15 is 0 Å². The first-order valence-electron chi connectivity index (χ1n) is 7.99. The maximum absolute atomic E-state index is 12.7. The van der Waals surface area contributed by atoms with Crippen LogP contribution in [-0.2, 0) is 24.2 Å². The largest absolute Gasteiger partial charge is 0.338 e. The van der Waals surface area contributed by atoms with Crippen molar-refractivity contribution < 1.29 is 4.79 Å². The lowest BCUT2D eigenvalue weighted by atomic mass is 9.81. The Kier molecular flexibility index (Phi) is 5.38. The highest BCUT2D eigenvalue weighted by atomic mass is 32.1. The minimum atomic E-state index is -0.411. The normalized spacial score (nSPS) is 14.9. The van der Waals surface area contributed by atoms with Gasteiger partial charge in [-0.25, -0.2) is 4.98 Å². The Balaban J connectivity index is 2.08. The minimum Gasteiger partial charge on any atom is -0.338 e. The van der Waals surface area contributed by atoms with Gasteiger partial charge in [0.1, 0.15) is 5.01 Å². The first-order valence-corrected chi connectivity index (χ1v) is 8.81. The minimum absolute atomic E-state index is 0.156. The maximum atomic E-state index is 12.7. The van der Waals surface area contributed by atoms with Crippen LogP contribution in [0.4, 0.5) is 0 Å². The Bertz CT molecular complexity index is 462. The number of carbonyl (C=O) groups excluding carboxylic acids is 1. The third-order valence-corrected chi connectivity index (χ3v) is 5.95. The number of hydrogen-bond donors (Lipinski definition) is 1. The average molecular weight is 309 g/mol. The van der Waals surface area contributed by atoms with E-state index in [1.165, 1.54) is 23.4 Å². The predicted molar refractivity (Wildman–Crippen MR) is 87.3 cm³/mol. The lowest BCUT2D eigenvalue weighted by molar-refractivity contribution is -0.141. The Morgan fingerprint density at radius 1 is 1.33 bits per heavy atom. The van der Waals surface area contributed by atoms with Gasteiger partial charge in [0.05, 0.1) is 17.7 Å². The summed E-state index contributed by atoms with van der Waals surface area (Å²) in [6.07, 6.45) is 6.34. The van der Waals surface area contributed by atoms with Crippen molar-refractivity contribution in [3.8, 4) is 0 Å². The van der Waals surface area contributed by atoms with Gasteiger partial charge in [0.25, 0.3) is 0 Å². The quantitative estimate of drug-likeness (QED) is 0.879. The van der Waals surface area contributed by atoms with Gasteiger partial charge >= 0.3 is 0 Å². The summed E-state index contributed by atoms with van der Waals surface area (Å²) in [6.45, 7) is 5.12. The fraction of sp³-hybridized carbons (Fsp3) is 0.750. The molecule has 4 nitrogen and oxygen atoms in total. The van der Waals surface area contributed by atoms with Crippen molar-refractivity contribution in [1.82, 2.24) is 9.88 Å². The van der Waals surface area contributed by atoms with Crippen LogP contribution in [0.1, 0.15) is 55.1 Å². The molecular weight excluding hydrogens is 282 g/mol. The van der Waals surface area contributed by atoms with Crippen LogP contribution in [0.25, 0.3) is 0 Å². The van der Waals surface area contributed by atoms with Gasteiger partial charge in [-0.3, -0.25) is 4.79 Å². The van der Waals surface area contributed by atoms with Gasteiger partial charge in [-0.2, -0.15) is 0 Å². The lowest BCUT2D eigenvalue weighted by Gasteiger charge is -2.32. The molecule has 0 aromatic carbocycles.